The molecule has 1 aliphatic heterocycles. The van der Waals surface area contributed by atoms with Crippen LogP contribution >= 0.6 is 0 Å². The molecule has 1 atom stereocenters. The van der Waals surface area contributed by atoms with Gasteiger partial charge in [0.05, 0.1) is 6.54 Å². The lowest BCUT2D eigenvalue weighted by atomic mass is 10.1. The van der Waals surface area contributed by atoms with E-state index in [0.717, 1.165) is 41.4 Å². The van der Waals surface area contributed by atoms with E-state index >= 15 is 0 Å². The number of aromatic nitrogens is 3. The number of hydrogen-bond acceptors (Lipinski definition) is 6. The summed E-state index contributed by atoms with van der Waals surface area (Å²) in [4.78, 5) is 25.0. The van der Waals surface area contributed by atoms with Gasteiger partial charge in [-0.15, -0.1) is 0 Å². The Bertz CT molecular complexity index is 1130. The molecule has 0 bridgehead atoms. The Balaban J connectivity index is 1.38. The topological polar surface area (TPSA) is 95.4 Å². The summed E-state index contributed by atoms with van der Waals surface area (Å²) in [5.41, 5.74) is 3.31. The number of aromatic amines is 1. The van der Waals surface area contributed by atoms with Gasteiger partial charge in [-0.3, -0.25) is 9.89 Å². The van der Waals surface area contributed by atoms with Gasteiger partial charge < -0.3 is 18.8 Å². The molecule has 0 aliphatic carbocycles. The molecule has 3 heterocycles. The number of rotatable bonds is 8. The number of carbonyl (C=O) groups is 2. The molecule has 0 saturated heterocycles. The van der Waals surface area contributed by atoms with Crippen LogP contribution in [-0.4, -0.2) is 45.8 Å². The molecular formula is C24H27N3O5. The van der Waals surface area contributed by atoms with E-state index in [-0.39, 0.29) is 24.2 Å². The number of fused-ring (bicyclic) bond motifs is 1. The third kappa shape index (κ3) is 4.54. The first-order valence-electron chi connectivity index (χ1n) is 10.8. The van der Waals surface area contributed by atoms with Gasteiger partial charge in [0.1, 0.15) is 6.61 Å². The third-order valence-electron chi connectivity index (χ3n) is 5.52. The molecule has 0 radical (unpaired) electrons. The Morgan fingerprint density at radius 3 is 2.78 bits per heavy atom. The Morgan fingerprint density at radius 2 is 2.00 bits per heavy atom. The summed E-state index contributed by atoms with van der Waals surface area (Å²) in [7, 11) is 0. The summed E-state index contributed by atoms with van der Waals surface area (Å²) in [6.45, 7) is 6.50. The molecule has 1 aliphatic rings. The molecule has 1 aromatic carbocycles. The van der Waals surface area contributed by atoms with Crippen molar-refractivity contribution in [3.05, 3.63) is 64.7 Å². The summed E-state index contributed by atoms with van der Waals surface area (Å²) in [6.07, 6.45) is 1.56. The predicted octanol–water partition coefficient (Wildman–Crippen LogP) is 3.66. The lowest BCUT2D eigenvalue weighted by Gasteiger charge is -2.27. The fraction of sp³-hybridized carbons (Fsp3) is 0.375. The van der Waals surface area contributed by atoms with Crippen molar-refractivity contribution in [2.75, 3.05) is 13.2 Å². The van der Waals surface area contributed by atoms with Crippen LogP contribution in [0.15, 0.2) is 36.4 Å². The minimum Gasteiger partial charge on any atom is -0.486 e. The number of nitrogens with zero attached hydrogens (tertiary/aromatic N) is 2. The average Bonchev–Trinajstić information content (AvgIpc) is 3.37. The monoisotopic (exact) mass is 437 g/mol. The lowest BCUT2D eigenvalue weighted by Crippen LogP contribution is -2.33. The largest absolute Gasteiger partial charge is 0.486 e. The summed E-state index contributed by atoms with van der Waals surface area (Å²) in [5, 5.41) is 6.77. The number of para-hydroxylation sites is 2. The number of ether oxygens (including phenoxy) is 3. The highest BCUT2D eigenvalue weighted by Crippen LogP contribution is 2.31. The van der Waals surface area contributed by atoms with Crippen LogP contribution in [0.3, 0.4) is 0 Å². The SMILES string of the molecule is CCCc1cc(C(=O)OCC(=O)c2cc(C)n(CC3COc4ccccc4O3)c2C)n[nH]1. The van der Waals surface area contributed by atoms with Crippen LogP contribution in [0.2, 0.25) is 0 Å². The maximum atomic E-state index is 12.8. The molecule has 2 aromatic heterocycles. The van der Waals surface area contributed by atoms with Crippen molar-refractivity contribution in [3.8, 4) is 11.5 Å². The van der Waals surface area contributed by atoms with Gasteiger partial charge in [0.15, 0.2) is 29.9 Å². The molecule has 4 rings (SSSR count). The van der Waals surface area contributed by atoms with Gasteiger partial charge in [-0.1, -0.05) is 25.5 Å². The third-order valence-corrected chi connectivity index (χ3v) is 5.52. The Kier molecular flexibility index (Phi) is 6.30. The fourth-order valence-corrected chi connectivity index (χ4v) is 3.87. The van der Waals surface area contributed by atoms with E-state index in [1.807, 2.05) is 55.7 Å². The number of esters is 1. The zero-order valence-electron chi connectivity index (χ0n) is 18.5. The van der Waals surface area contributed by atoms with Crippen molar-refractivity contribution in [1.82, 2.24) is 14.8 Å². The highest BCUT2D eigenvalue weighted by Gasteiger charge is 2.24. The summed E-state index contributed by atoms with van der Waals surface area (Å²) >= 11 is 0. The van der Waals surface area contributed by atoms with Crippen molar-refractivity contribution in [2.45, 2.75) is 46.3 Å². The van der Waals surface area contributed by atoms with E-state index in [9.17, 15) is 9.59 Å². The van der Waals surface area contributed by atoms with Gasteiger partial charge in [0, 0.05) is 22.6 Å². The number of benzene rings is 1. The first-order chi connectivity index (χ1) is 15.5. The van der Waals surface area contributed by atoms with Crippen LogP contribution in [0.1, 0.15) is 51.3 Å². The highest BCUT2D eigenvalue weighted by molar-refractivity contribution is 6.00. The summed E-state index contributed by atoms with van der Waals surface area (Å²) in [5.74, 6) is 0.585. The molecule has 1 unspecified atom stereocenters. The van der Waals surface area contributed by atoms with E-state index in [1.165, 1.54) is 0 Å². The quantitative estimate of drug-likeness (QED) is 0.427. The lowest BCUT2D eigenvalue weighted by molar-refractivity contribution is 0.0468. The Labute approximate surface area is 186 Å². The number of hydrogen-bond donors (Lipinski definition) is 1. The number of H-pyrrole nitrogens is 1. The molecule has 0 saturated carbocycles. The number of ketones is 1. The van der Waals surface area contributed by atoms with Crippen molar-refractivity contribution >= 4 is 11.8 Å². The van der Waals surface area contributed by atoms with Crippen molar-refractivity contribution in [2.24, 2.45) is 0 Å². The van der Waals surface area contributed by atoms with E-state index in [4.69, 9.17) is 14.2 Å². The minimum atomic E-state index is -0.614. The molecule has 168 valence electrons. The minimum absolute atomic E-state index is 0.174. The smallest absolute Gasteiger partial charge is 0.359 e. The molecule has 8 nitrogen and oxygen atoms in total. The zero-order chi connectivity index (χ0) is 22.7. The molecule has 1 N–H and O–H groups in total. The fourth-order valence-electron chi connectivity index (χ4n) is 3.87. The molecular weight excluding hydrogens is 410 g/mol. The van der Waals surface area contributed by atoms with Crippen LogP contribution in [0.4, 0.5) is 0 Å². The Morgan fingerprint density at radius 1 is 1.22 bits per heavy atom. The van der Waals surface area contributed by atoms with E-state index in [2.05, 4.69) is 10.2 Å². The standard InChI is InChI=1S/C24H27N3O5/c1-4-7-17-11-20(26-25-17)24(29)31-14-21(28)19-10-15(2)27(16(19)3)12-18-13-30-22-8-5-6-9-23(22)32-18/h5-6,8-11,18H,4,7,12-14H2,1-3H3,(H,25,26). The molecule has 32 heavy (non-hydrogen) atoms. The van der Waals surface area contributed by atoms with Crippen LogP contribution < -0.4 is 9.47 Å². The van der Waals surface area contributed by atoms with E-state index < -0.39 is 5.97 Å². The normalized spacial score (nSPS) is 14.9. The molecule has 0 spiro atoms. The zero-order valence-corrected chi connectivity index (χ0v) is 18.5. The van der Waals surface area contributed by atoms with Crippen LogP contribution in [0.25, 0.3) is 0 Å². The second-order valence-electron chi connectivity index (χ2n) is 7.92. The number of aryl methyl sites for hydroxylation is 2. The van der Waals surface area contributed by atoms with E-state index in [0.29, 0.717) is 18.7 Å². The first-order valence-corrected chi connectivity index (χ1v) is 10.8. The van der Waals surface area contributed by atoms with Gasteiger partial charge in [0.2, 0.25) is 5.78 Å². The summed E-state index contributed by atoms with van der Waals surface area (Å²) in [6, 6.07) is 11.0. The van der Waals surface area contributed by atoms with Gasteiger partial charge in [-0.05, 0) is 44.5 Å². The number of carbonyl (C=O) groups excluding carboxylic acids is 2. The number of Topliss-reactive ketones (excluding diaryl/α,β-unsaturated/α-hetero) is 1. The van der Waals surface area contributed by atoms with Gasteiger partial charge >= 0.3 is 5.97 Å². The van der Waals surface area contributed by atoms with Crippen LogP contribution in [-0.2, 0) is 17.7 Å². The van der Waals surface area contributed by atoms with Gasteiger partial charge in [-0.25, -0.2) is 4.79 Å². The maximum absolute atomic E-state index is 12.8. The highest BCUT2D eigenvalue weighted by atomic mass is 16.6. The molecule has 0 fully saturated rings. The van der Waals surface area contributed by atoms with Gasteiger partial charge in [0.25, 0.3) is 0 Å². The molecule has 0 amide bonds. The second kappa shape index (κ2) is 9.30. The predicted molar refractivity (Wildman–Crippen MR) is 117 cm³/mol. The summed E-state index contributed by atoms with van der Waals surface area (Å²) < 4.78 is 19.1. The van der Waals surface area contributed by atoms with Gasteiger partial charge in [-0.2, -0.15) is 5.10 Å². The van der Waals surface area contributed by atoms with Crippen LogP contribution in [0, 0.1) is 13.8 Å². The Hall–Kier alpha value is -3.55. The van der Waals surface area contributed by atoms with Crippen LogP contribution in [0.5, 0.6) is 11.5 Å². The second-order valence-corrected chi connectivity index (χ2v) is 7.92. The van der Waals surface area contributed by atoms with Crippen molar-refractivity contribution in [1.29, 1.82) is 0 Å². The van der Waals surface area contributed by atoms with E-state index in [1.54, 1.807) is 6.07 Å². The average molecular weight is 437 g/mol. The van der Waals surface area contributed by atoms with Crippen molar-refractivity contribution < 1.29 is 23.8 Å². The maximum Gasteiger partial charge on any atom is 0.359 e. The molecule has 8 heteroatoms. The van der Waals surface area contributed by atoms with Crippen molar-refractivity contribution in [3.63, 3.8) is 0 Å². The first kappa shape index (κ1) is 21.7. The number of nitrogens with one attached hydrogen (secondary N) is 1. The molecule has 3 aromatic rings.